The number of benzene rings is 9. The number of hydrogen-bond donors (Lipinski definition) is 0. The minimum atomic E-state index is -0.0215. The lowest BCUT2D eigenvalue weighted by molar-refractivity contribution is 0.568. The van der Waals surface area contributed by atoms with Crippen molar-refractivity contribution in [1.29, 1.82) is 0 Å². The summed E-state index contributed by atoms with van der Waals surface area (Å²) in [6, 6.07) is 56.9. The Hall–Kier alpha value is -6.24. The molecule has 2 aliphatic rings. The second kappa shape index (κ2) is 13.6. The molecule has 0 nitrogen and oxygen atoms in total. The number of hydrogen-bond acceptors (Lipinski definition) is 0. The molecule has 0 amide bonds. The van der Waals surface area contributed by atoms with Crippen LogP contribution in [0.1, 0.15) is 105 Å². The molecule has 0 spiro atoms. The van der Waals surface area contributed by atoms with Gasteiger partial charge in [-0.2, -0.15) is 0 Å². The molecule has 2 aliphatic carbocycles. The first-order chi connectivity index (χ1) is 30.3. The van der Waals surface area contributed by atoms with Crippen LogP contribution in [0.3, 0.4) is 0 Å². The van der Waals surface area contributed by atoms with E-state index < -0.39 is 0 Å². The Labute approximate surface area is 381 Å². The van der Waals surface area contributed by atoms with Crippen LogP contribution in [0, 0.1) is 0 Å². The Morgan fingerprint density at radius 2 is 0.656 bits per heavy atom. The summed E-state index contributed by atoms with van der Waals surface area (Å²) in [4.78, 5) is 0. The van der Waals surface area contributed by atoms with Crippen molar-refractivity contribution in [2.45, 2.75) is 105 Å². The third-order valence-electron chi connectivity index (χ3n) is 14.5. The van der Waals surface area contributed by atoms with Crippen LogP contribution in [0.25, 0.3) is 110 Å². The average Bonchev–Trinajstić information content (AvgIpc) is 3.75. The van der Waals surface area contributed by atoms with Crippen molar-refractivity contribution < 1.29 is 0 Å². The second-order valence-electron chi connectivity index (χ2n) is 23.0. The maximum Gasteiger partial charge on any atom is -0.000741 e. The van der Waals surface area contributed by atoms with Gasteiger partial charge in [-0.1, -0.05) is 223 Å². The van der Waals surface area contributed by atoms with Crippen molar-refractivity contribution in [2.75, 3.05) is 0 Å². The van der Waals surface area contributed by atoms with E-state index in [1.165, 1.54) is 132 Å². The first-order valence-corrected chi connectivity index (χ1v) is 23.4. The van der Waals surface area contributed by atoms with Gasteiger partial charge in [0.05, 0.1) is 0 Å². The molecule has 0 bridgehead atoms. The maximum absolute atomic E-state index is 2.51. The van der Waals surface area contributed by atoms with Gasteiger partial charge in [0.15, 0.2) is 0 Å². The first-order valence-electron chi connectivity index (χ1n) is 23.4. The zero-order valence-corrected chi connectivity index (χ0v) is 39.9. The molecule has 64 heavy (non-hydrogen) atoms. The van der Waals surface area contributed by atoms with Gasteiger partial charge in [-0.15, -0.1) is 0 Å². The molecule has 0 aromatic heterocycles. The Morgan fingerprint density at radius 3 is 1.16 bits per heavy atom. The predicted octanol–water partition coefficient (Wildman–Crippen LogP) is 18.6. The van der Waals surface area contributed by atoms with Crippen molar-refractivity contribution >= 4 is 32.3 Å². The summed E-state index contributed by atoms with van der Waals surface area (Å²) in [6.45, 7) is 28.3. The molecule has 9 aromatic carbocycles. The average molecular weight is 829 g/mol. The van der Waals surface area contributed by atoms with Gasteiger partial charge in [0.25, 0.3) is 0 Å². The molecule has 0 aliphatic heterocycles. The quantitative estimate of drug-likeness (QED) is 0.166. The standard InChI is InChI=1S/C64H60/c1-61(2,3)41-30-39(31-42(35-41)62(4,5)6)56-49-20-13-14-21-50(49)57(40-32-43(63(7,8)9)36-44(33-40)64(10,11)12)60-53-29-28-45(47-24-17-25-52(58(47)53)59(56)60)38-26-27-46-48-22-15-18-37-19-16-23-51(55(37)48)54(46)34-38/h13-36H,1-12H3. The molecule has 0 radical (unpaired) electrons. The molecular weight excluding hydrogens is 769 g/mol. The summed E-state index contributed by atoms with van der Waals surface area (Å²) >= 11 is 0. The first kappa shape index (κ1) is 40.5. The van der Waals surface area contributed by atoms with E-state index in [0.29, 0.717) is 0 Å². The largest absolute Gasteiger partial charge is 0.0616 e. The zero-order valence-electron chi connectivity index (χ0n) is 39.9. The van der Waals surface area contributed by atoms with Crippen molar-refractivity contribution in [1.82, 2.24) is 0 Å². The van der Waals surface area contributed by atoms with Crippen LogP contribution in [0.5, 0.6) is 0 Å². The molecule has 316 valence electrons. The minimum Gasteiger partial charge on any atom is -0.0616 e. The topological polar surface area (TPSA) is 0 Å². The van der Waals surface area contributed by atoms with Crippen LogP contribution in [0.4, 0.5) is 0 Å². The summed E-state index contributed by atoms with van der Waals surface area (Å²) in [5, 5.41) is 7.94. The van der Waals surface area contributed by atoms with Gasteiger partial charge in [-0.25, -0.2) is 0 Å². The van der Waals surface area contributed by atoms with E-state index >= 15 is 0 Å². The lowest BCUT2D eigenvalue weighted by Gasteiger charge is -2.29. The number of fused-ring (bicyclic) bond motifs is 7. The van der Waals surface area contributed by atoms with Crippen molar-refractivity contribution in [3.05, 3.63) is 168 Å². The smallest absolute Gasteiger partial charge is 0.000741 e. The highest BCUT2D eigenvalue weighted by Gasteiger charge is 2.34. The van der Waals surface area contributed by atoms with Gasteiger partial charge in [-0.3, -0.25) is 0 Å². The fourth-order valence-electron chi connectivity index (χ4n) is 10.9. The second-order valence-corrected chi connectivity index (χ2v) is 23.0. The third kappa shape index (κ3) is 6.16. The molecule has 0 saturated carbocycles. The summed E-state index contributed by atoms with van der Waals surface area (Å²) in [7, 11) is 0. The van der Waals surface area contributed by atoms with Crippen LogP contribution in [0.2, 0.25) is 0 Å². The normalized spacial score (nSPS) is 13.3. The Kier molecular flexibility index (Phi) is 8.64. The van der Waals surface area contributed by atoms with Crippen LogP contribution in [-0.4, -0.2) is 0 Å². The zero-order chi connectivity index (χ0) is 44.8. The summed E-state index contributed by atoms with van der Waals surface area (Å²) in [5.74, 6) is 0. The molecule has 0 heterocycles. The van der Waals surface area contributed by atoms with E-state index in [1.807, 2.05) is 0 Å². The Morgan fingerprint density at radius 1 is 0.250 bits per heavy atom. The summed E-state index contributed by atoms with van der Waals surface area (Å²) < 4.78 is 0. The highest BCUT2D eigenvalue weighted by Crippen LogP contribution is 2.60. The van der Waals surface area contributed by atoms with E-state index in [-0.39, 0.29) is 21.7 Å². The van der Waals surface area contributed by atoms with E-state index in [9.17, 15) is 0 Å². The minimum absolute atomic E-state index is 0.0215. The van der Waals surface area contributed by atoms with Crippen LogP contribution in [0.15, 0.2) is 146 Å². The fourth-order valence-corrected chi connectivity index (χ4v) is 10.9. The Balaban J connectivity index is 1.26. The van der Waals surface area contributed by atoms with Crippen LogP contribution in [-0.2, 0) is 21.7 Å². The Bertz CT molecular complexity index is 3250. The van der Waals surface area contributed by atoms with E-state index in [1.54, 1.807) is 0 Å². The lowest BCUT2D eigenvalue weighted by Crippen LogP contribution is -2.17. The molecule has 11 rings (SSSR count). The van der Waals surface area contributed by atoms with Crippen molar-refractivity contribution in [3.63, 3.8) is 0 Å². The monoisotopic (exact) mass is 828 g/mol. The predicted molar refractivity (Wildman–Crippen MR) is 279 cm³/mol. The molecule has 0 N–H and O–H groups in total. The van der Waals surface area contributed by atoms with E-state index in [2.05, 4.69) is 229 Å². The SMILES string of the molecule is CC(C)(C)c1cc(-c2c3c(c(-c4cc(C(C)(C)C)cc(C(C)(C)C)c4)c4ccccc24)-c2ccc(-c4ccc5c(c4)-c4cccc6cccc-5c46)c4cccc-3c24)cc(C(C)(C)C)c1. The van der Waals surface area contributed by atoms with E-state index in [4.69, 9.17) is 0 Å². The molecule has 9 aromatic rings. The number of rotatable bonds is 3. The maximum atomic E-state index is 2.51. The van der Waals surface area contributed by atoms with Gasteiger partial charge < -0.3 is 0 Å². The molecule has 0 fully saturated rings. The van der Waals surface area contributed by atoms with Gasteiger partial charge >= 0.3 is 0 Å². The third-order valence-corrected chi connectivity index (χ3v) is 14.5. The summed E-state index contributed by atoms with van der Waals surface area (Å²) in [5.41, 5.74) is 23.9. The van der Waals surface area contributed by atoms with Crippen molar-refractivity contribution in [3.8, 4) is 77.9 Å². The van der Waals surface area contributed by atoms with Gasteiger partial charge in [-0.05, 0) is 160 Å². The van der Waals surface area contributed by atoms with Gasteiger partial charge in [0, 0.05) is 0 Å². The fraction of sp³-hybridized carbons (Fsp3) is 0.250. The molecule has 0 atom stereocenters. The van der Waals surface area contributed by atoms with E-state index in [0.717, 1.165) is 0 Å². The lowest BCUT2D eigenvalue weighted by atomic mass is 9.75. The van der Waals surface area contributed by atoms with Crippen LogP contribution >= 0.6 is 0 Å². The molecule has 0 unspecified atom stereocenters. The van der Waals surface area contributed by atoms with Gasteiger partial charge in [0.2, 0.25) is 0 Å². The highest BCUT2D eigenvalue weighted by molar-refractivity contribution is 6.29. The van der Waals surface area contributed by atoms with Crippen LogP contribution < -0.4 is 0 Å². The molecule has 0 heteroatoms. The molecular formula is C64H60. The summed E-state index contributed by atoms with van der Waals surface area (Å²) in [6.07, 6.45) is 0. The highest BCUT2D eigenvalue weighted by atomic mass is 14.4. The van der Waals surface area contributed by atoms with Gasteiger partial charge in [0.1, 0.15) is 0 Å². The van der Waals surface area contributed by atoms with Crippen molar-refractivity contribution in [2.24, 2.45) is 0 Å². The molecule has 0 saturated heterocycles.